The first-order valence-corrected chi connectivity index (χ1v) is 6.06. The zero-order valence-corrected chi connectivity index (χ0v) is 11.3. The van der Waals surface area contributed by atoms with Crippen LogP contribution in [-0.2, 0) is 4.74 Å². The molecule has 1 rings (SSSR count). The van der Waals surface area contributed by atoms with E-state index in [0.717, 1.165) is 32.8 Å². The summed E-state index contributed by atoms with van der Waals surface area (Å²) in [6.45, 7) is 5.58. The lowest BCUT2D eigenvalue weighted by atomic mass is 9.92. The molecule has 1 aliphatic rings. The van der Waals surface area contributed by atoms with Crippen LogP contribution >= 0.6 is 0 Å². The molecule has 0 spiro atoms. The first-order chi connectivity index (χ1) is 7.87. The first kappa shape index (κ1) is 16.2. The van der Waals surface area contributed by atoms with Crippen molar-refractivity contribution in [2.45, 2.75) is 64.1 Å². The average molecular weight is 246 g/mol. The molecule has 1 unspecified atom stereocenters. The van der Waals surface area contributed by atoms with Gasteiger partial charge in [0, 0.05) is 19.2 Å². The number of aliphatic hydroxyl groups excluding tert-OH is 1. The number of hydrogen-bond acceptors (Lipinski definition) is 4. The van der Waals surface area contributed by atoms with Crippen molar-refractivity contribution in [2.24, 2.45) is 5.73 Å². The quantitative estimate of drug-likeness (QED) is 0.652. The van der Waals surface area contributed by atoms with Gasteiger partial charge in [0.15, 0.2) is 0 Å². The number of nitrogens with two attached hydrogens (primary N) is 1. The van der Waals surface area contributed by atoms with E-state index >= 15 is 0 Å². The molecule has 0 aromatic heterocycles. The second-order valence-corrected chi connectivity index (χ2v) is 5.27. The highest BCUT2D eigenvalue weighted by Crippen LogP contribution is 2.17. The number of alkyl carbamates (subject to hydrolysis) is 1. The molecule has 0 bridgehead atoms. The molecular weight excluding hydrogens is 220 g/mol. The summed E-state index contributed by atoms with van der Waals surface area (Å²) in [5, 5.41) is 9.86. The topological polar surface area (TPSA) is 84.6 Å². The van der Waals surface area contributed by atoms with Gasteiger partial charge in [-0.05, 0) is 46.5 Å². The molecule has 5 heteroatoms. The van der Waals surface area contributed by atoms with Gasteiger partial charge in [0.05, 0.1) is 0 Å². The highest BCUT2D eigenvalue weighted by atomic mass is 16.6. The van der Waals surface area contributed by atoms with Crippen molar-refractivity contribution in [3.8, 4) is 0 Å². The number of hydrogen-bond donors (Lipinski definition) is 3. The number of nitrogens with one attached hydrogen (secondary N) is 1. The number of rotatable bonds is 1. The smallest absolute Gasteiger partial charge is 0.407 e. The maximum atomic E-state index is 11.5. The molecule has 2 atom stereocenters. The zero-order valence-electron chi connectivity index (χ0n) is 11.3. The van der Waals surface area contributed by atoms with Crippen LogP contribution in [0.4, 0.5) is 4.79 Å². The number of amides is 1. The Kier molecular flexibility index (Phi) is 7.15. The van der Waals surface area contributed by atoms with Crippen LogP contribution < -0.4 is 11.1 Å². The molecule has 1 fully saturated rings. The van der Waals surface area contributed by atoms with Gasteiger partial charge in [-0.2, -0.15) is 0 Å². The molecule has 5 nitrogen and oxygen atoms in total. The number of ether oxygens (including phenoxy) is 1. The molecule has 0 aromatic carbocycles. The first-order valence-electron chi connectivity index (χ1n) is 6.06. The number of carbonyl (C=O) groups is 1. The Bertz CT molecular complexity index is 226. The van der Waals surface area contributed by atoms with E-state index in [1.807, 2.05) is 20.8 Å². The van der Waals surface area contributed by atoms with Gasteiger partial charge >= 0.3 is 6.09 Å². The van der Waals surface area contributed by atoms with Crippen LogP contribution in [0.2, 0.25) is 0 Å². The fraction of sp³-hybridized carbons (Fsp3) is 0.917. The van der Waals surface area contributed by atoms with Crippen molar-refractivity contribution < 1.29 is 14.6 Å². The molecule has 17 heavy (non-hydrogen) atoms. The largest absolute Gasteiger partial charge is 0.444 e. The van der Waals surface area contributed by atoms with Gasteiger partial charge in [0.2, 0.25) is 0 Å². The van der Waals surface area contributed by atoms with Crippen LogP contribution in [0.5, 0.6) is 0 Å². The standard InChI is InChI=1S/C11H22N2O2.CH4O/c1-11(2,3)15-10(14)13-9-6-4-5-8(12)7-9;1-2/h8-9H,4-7,12H2,1-3H3,(H,13,14);2H,1H3/t8-,9?;/m0./s1. The summed E-state index contributed by atoms with van der Waals surface area (Å²) in [5.74, 6) is 0. The van der Waals surface area contributed by atoms with Crippen molar-refractivity contribution in [2.75, 3.05) is 7.11 Å². The second-order valence-electron chi connectivity index (χ2n) is 5.27. The molecule has 0 saturated heterocycles. The Morgan fingerprint density at radius 1 is 1.35 bits per heavy atom. The molecule has 4 N–H and O–H groups in total. The Morgan fingerprint density at radius 3 is 2.41 bits per heavy atom. The fourth-order valence-electron chi connectivity index (χ4n) is 1.83. The van der Waals surface area contributed by atoms with Gasteiger partial charge in [-0.3, -0.25) is 0 Å². The third kappa shape index (κ3) is 7.99. The van der Waals surface area contributed by atoms with Crippen LogP contribution in [0.25, 0.3) is 0 Å². The summed E-state index contributed by atoms with van der Waals surface area (Å²) in [6, 6.07) is 0.405. The Hall–Kier alpha value is -0.810. The number of carbonyl (C=O) groups excluding carboxylic acids is 1. The van der Waals surface area contributed by atoms with E-state index in [4.69, 9.17) is 15.6 Å². The van der Waals surface area contributed by atoms with E-state index < -0.39 is 5.60 Å². The van der Waals surface area contributed by atoms with Crippen molar-refractivity contribution in [1.82, 2.24) is 5.32 Å². The monoisotopic (exact) mass is 246 g/mol. The van der Waals surface area contributed by atoms with E-state index in [2.05, 4.69) is 5.32 Å². The molecule has 0 radical (unpaired) electrons. The second kappa shape index (κ2) is 7.50. The highest BCUT2D eigenvalue weighted by Gasteiger charge is 2.23. The molecular formula is C12H26N2O3. The summed E-state index contributed by atoms with van der Waals surface area (Å²) in [5.41, 5.74) is 5.41. The maximum Gasteiger partial charge on any atom is 0.407 e. The van der Waals surface area contributed by atoms with Crippen molar-refractivity contribution >= 4 is 6.09 Å². The average Bonchev–Trinajstić information content (AvgIpc) is 2.17. The van der Waals surface area contributed by atoms with Gasteiger partial charge in [-0.25, -0.2) is 4.79 Å². The van der Waals surface area contributed by atoms with Gasteiger partial charge in [0.25, 0.3) is 0 Å². The summed E-state index contributed by atoms with van der Waals surface area (Å²) in [6.07, 6.45) is 3.68. The Morgan fingerprint density at radius 2 is 1.94 bits per heavy atom. The summed E-state index contributed by atoms with van der Waals surface area (Å²) < 4.78 is 5.18. The highest BCUT2D eigenvalue weighted by molar-refractivity contribution is 5.68. The van der Waals surface area contributed by atoms with Gasteiger partial charge in [-0.15, -0.1) is 0 Å². The van der Waals surface area contributed by atoms with Crippen LogP contribution in [0.15, 0.2) is 0 Å². The van der Waals surface area contributed by atoms with E-state index in [1.165, 1.54) is 0 Å². The van der Waals surface area contributed by atoms with Crippen molar-refractivity contribution in [1.29, 1.82) is 0 Å². The third-order valence-corrected chi connectivity index (χ3v) is 2.44. The predicted molar refractivity (Wildman–Crippen MR) is 67.7 cm³/mol. The lowest BCUT2D eigenvalue weighted by molar-refractivity contribution is 0.0491. The molecule has 0 heterocycles. The zero-order chi connectivity index (χ0) is 13.5. The van der Waals surface area contributed by atoms with Gasteiger partial charge in [0.1, 0.15) is 5.60 Å². The van der Waals surface area contributed by atoms with Crippen LogP contribution in [0, 0.1) is 0 Å². The predicted octanol–water partition coefficient (Wildman–Crippen LogP) is 1.39. The molecule has 0 aliphatic heterocycles. The minimum Gasteiger partial charge on any atom is -0.444 e. The molecule has 1 aliphatic carbocycles. The molecule has 0 aromatic rings. The third-order valence-electron chi connectivity index (χ3n) is 2.44. The van der Waals surface area contributed by atoms with Crippen LogP contribution in [-0.4, -0.2) is 36.0 Å². The molecule has 1 amide bonds. The Balaban J connectivity index is 0.00000121. The van der Waals surface area contributed by atoms with Crippen molar-refractivity contribution in [3.63, 3.8) is 0 Å². The van der Waals surface area contributed by atoms with E-state index in [0.29, 0.717) is 0 Å². The summed E-state index contributed by atoms with van der Waals surface area (Å²) in [4.78, 5) is 11.5. The lowest BCUT2D eigenvalue weighted by Gasteiger charge is -2.28. The van der Waals surface area contributed by atoms with Crippen LogP contribution in [0.1, 0.15) is 46.5 Å². The normalized spacial score (nSPS) is 24.4. The van der Waals surface area contributed by atoms with E-state index in [9.17, 15) is 4.79 Å². The van der Waals surface area contributed by atoms with Gasteiger partial charge < -0.3 is 20.9 Å². The van der Waals surface area contributed by atoms with E-state index in [1.54, 1.807) is 0 Å². The minimum absolute atomic E-state index is 0.184. The molecule has 102 valence electrons. The molecule has 1 saturated carbocycles. The maximum absolute atomic E-state index is 11.5. The van der Waals surface area contributed by atoms with Crippen LogP contribution in [0.3, 0.4) is 0 Å². The Labute approximate surface area is 104 Å². The van der Waals surface area contributed by atoms with Crippen molar-refractivity contribution in [3.05, 3.63) is 0 Å². The summed E-state index contributed by atoms with van der Waals surface area (Å²) in [7, 11) is 1.00. The minimum atomic E-state index is -0.430. The summed E-state index contributed by atoms with van der Waals surface area (Å²) >= 11 is 0. The lowest BCUT2D eigenvalue weighted by Crippen LogP contribution is -2.44. The number of aliphatic hydroxyl groups is 1. The van der Waals surface area contributed by atoms with E-state index in [-0.39, 0.29) is 18.2 Å². The SMILES string of the molecule is CC(C)(C)OC(=O)NC1CCC[C@H](N)C1.CO. The van der Waals surface area contributed by atoms with Gasteiger partial charge in [-0.1, -0.05) is 0 Å². The fourth-order valence-corrected chi connectivity index (χ4v) is 1.83.